The maximum absolute atomic E-state index is 11.0. The van der Waals surface area contributed by atoms with Crippen molar-refractivity contribution in [3.8, 4) is 0 Å². The van der Waals surface area contributed by atoms with Crippen LogP contribution in [0.15, 0.2) is 0 Å². The quantitative estimate of drug-likeness (QED) is 0.638. The second kappa shape index (κ2) is 6.43. The van der Waals surface area contributed by atoms with Crippen LogP contribution in [-0.4, -0.2) is 22.5 Å². The van der Waals surface area contributed by atoms with E-state index in [0.29, 0.717) is 6.42 Å². The van der Waals surface area contributed by atoms with Crippen LogP contribution in [0.3, 0.4) is 0 Å². The Bertz CT molecular complexity index is 228. The third-order valence-corrected chi connectivity index (χ3v) is 2.45. The average Bonchev–Trinajstić information content (AvgIpc) is 2.11. The van der Waals surface area contributed by atoms with Gasteiger partial charge >= 0.3 is 5.97 Å². The summed E-state index contributed by atoms with van der Waals surface area (Å²) in [5.74, 6) is -1.26. The zero-order chi connectivity index (χ0) is 11.9. The van der Waals surface area contributed by atoms with E-state index < -0.39 is 11.5 Å². The van der Waals surface area contributed by atoms with Crippen LogP contribution in [0.1, 0.15) is 52.9 Å². The second-order valence-corrected chi connectivity index (χ2v) is 4.13. The minimum Gasteiger partial charge on any atom is -0.480 e. The zero-order valence-electron chi connectivity index (χ0n) is 9.80. The molecular weight excluding hydrogens is 194 g/mol. The van der Waals surface area contributed by atoms with E-state index in [9.17, 15) is 9.59 Å². The lowest BCUT2D eigenvalue weighted by Crippen LogP contribution is -2.51. The van der Waals surface area contributed by atoms with Gasteiger partial charge in [0.2, 0.25) is 5.91 Å². The van der Waals surface area contributed by atoms with Crippen LogP contribution in [0, 0.1) is 0 Å². The molecule has 0 saturated carbocycles. The summed E-state index contributed by atoms with van der Waals surface area (Å²) in [6.45, 7) is 5.00. The number of unbranched alkanes of at least 4 members (excludes halogenated alkanes) is 3. The Kier molecular flexibility index (Phi) is 5.97. The summed E-state index contributed by atoms with van der Waals surface area (Å²) in [6, 6.07) is 0. The number of rotatable bonds is 7. The van der Waals surface area contributed by atoms with Crippen LogP contribution in [-0.2, 0) is 9.59 Å². The van der Waals surface area contributed by atoms with Crippen molar-refractivity contribution >= 4 is 11.9 Å². The van der Waals surface area contributed by atoms with E-state index in [0.717, 1.165) is 25.7 Å². The van der Waals surface area contributed by atoms with Crippen molar-refractivity contribution in [1.82, 2.24) is 5.32 Å². The second-order valence-electron chi connectivity index (χ2n) is 4.13. The molecule has 0 spiro atoms. The number of amides is 1. The molecule has 15 heavy (non-hydrogen) atoms. The number of aliphatic carboxylic acids is 1. The molecule has 4 heteroatoms. The first-order valence-corrected chi connectivity index (χ1v) is 5.44. The van der Waals surface area contributed by atoms with Gasteiger partial charge in [-0.3, -0.25) is 4.79 Å². The smallest absolute Gasteiger partial charge is 0.329 e. The van der Waals surface area contributed by atoms with Gasteiger partial charge in [-0.15, -0.1) is 0 Å². The molecule has 0 fully saturated rings. The van der Waals surface area contributed by atoms with E-state index in [1.807, 2.05) is 0 Å². The van der Waals surface area contributed by atoms with Crippen LogP contribution in [0.4, 0.5) is 0 Å². The maximum atomic E-state index is 11.0. The molecule has 0 aromatic heterocycles. The van der Waals surface area contributed by atoms with Gasteiger partial charge < -0.3 is 10.4 Å². The van der Waals surface area contributed by atoms with Crippen molar-refractivity contribution in [2.24, 2.45) is 0 Å². The predicted octanol–water partition coefficient (Wildman–Crippen LogP) is 1.94. The molecule has 1 atom stereocenters. The third-order valence-electron chi connectivity index (χ3n) is 2.45. The summed E-state index contributed by atoms with van der Waals surface area (Å²) >= 11 is 0. The highest BCUT2D eigenvalue weighted by Gasteiger charge is 2.32. The van der Waals surface area contributed by atoms with Gasteiger partial charge in [0.15, 0.2) is 0 Å². The summed E-state index contributed by atoms with van der Waals surface area (Å²) in [5, 5.41) is 11.5. The maximum Gasteiger partial charge on any atom is 0.329 e. The molecule has 0 aromatic rings. The fraction of sp³-hybridized carbons (Fsp3) is 0.818. The summed E-state index contributed by atoms with van der Waals surface area (Å²) in [7, 11) is 0. The fourth-order valence-electron chi connectivity index (χ4n) is 1.52. The van der Waals surface area contributed by atoms with Crippen molar-refractivity contribution in [3.05, 3.63) is 0 Å². The third kappa shape index (κ3) is 5.40. The topological polar surface area (TPSA) is 66.4 Å². The molecule has 1 unspecified atom stereocenters. The fourth-order valence-corrected chi connectivity index (χ4v) is 1.52. The molecule has 0 rings (SSSR count). The van der Waals surface area contributed by atoms with Gasteiger partial charge in [0.1, 0.15) is 5.54 Å². The monoisotopic (exact) mass is 215 g/mol. The minimum atomic E-state index is -1.11. The van der Waals surface area contributed by atoms with E-state index in [-0.39, 0.29) is 5.91 Å². The summed E-state index contributed by atoms with van der Waals surface area (Å²) < 4.78 is 0. The molecule has 0 aliphatic carbocycles. The highest BCUT2D eigenvalue weighted by molar-refractivity contribution is 5.85. The van der Waals surface area contributed by atoms with Gasteiger partial charge in [0, 0.05) is 6.92 Å². The average molecular weight is 215 g/mol. The Morgan fingerprint density at radius 3 is 2.27 bits per heavy atom. The molecule has 0 radical (unpaired) electrons. The number of carbonyl (C=O) groups is 2. The highest BCUT2D eigenvalue weighted by Crippen LogP contribution is 2.15. The van der Waals surface area contributed by atoms with Crippen LogP contribution >= 0.6 is 0 Å². The van der Waals surface area contributed by atoms with Crippen molar-refractivity contribution in [3.63, 3.8) is 0 Å². The lowest BCUT2D eigenvalue weighted by Gasteiger charge is -2.25. The van der Waals surface area contributed by atoms with Gasteiger partial charge in [0.05, 0.1) is 0 Å². The molecule has 88 valence electrons. The molecule has 0 bridgehead atoms. The zero-order valence-corrected chi connectivity index (χ0v) is 9.80. The van der Waals surface area contributed by atoms with Gasteiger partial charge in [-0.1, -0.05) is 32.6 Å². The van der Waals surface area contributed by atoms with Crippen molar-refractivity contribution in [2.45, 2.75) is 58.4 Å². The van der Waals surface area contributed by atoms with E-state index in [2.05, 4.69) is 12.2 Å². The van der Waals surface area contributed by atoms with Gasteiger partial charge in [0.25, 0.3) is 0 Å². The Morgan fingerprint density at radius 1 is 1.27 bits per heavy atom. The number of carbonyl (C=O) groups excluding carboxylic acids is 1. The molecule has 4 nitrogen and oxygen atoms in total. The Hall–Kier alpha value is -1.06. The van der Waals surface area contributed by atoms with Gasteiger partial charge in [-0.25, -0.2) is 4.79 Å². The number of carboxylic acids is 1. The Morgan fingerprint density at radius 2 is 1.87 bits per heavy atom. The van der Waals surface area contributed by atoms with E-state index in [1.54, 1.807) is 6.92 Å². The molecule has 1 amide bonds. The number of hydrogen-bond acceptors (Lipinski definition) is 2. The van der Waals surface area contributed by atoms with Crippen LogP contribution in [0.2, 0.25) is 0 Å². The summed E-state index contributed by atoms with van der Waals surface area (Å²) in [6.07, 6.45) is 4.55. The first-order valence-electron chi connectivity index (χ1n) is 5.44. The number of nitrogens with one attached hydrogen (secondary N) is 1. The summed E-state index contributed by atoms with van der Waals surface area (Å²) in [4.78, 5) is 21.9. The molecule has 2 N–H and O–H groups in total. The normalized spacial score (nSPS) is 14.3. The lowest BCUT2D eigenvalue weighted by molar-refractivity contribution is -0.147. The largest absolute Gasteiger partial charge is 0.480 e. The van der Waals surface area contributed by atoms with Crippen LogP contribution in [0.5, 0.6) is 0 Å². The van der Waals surface area contributed by atoms with Crippen molar-refractivity contribution in [2.75, 3.05) is 0 Å². The molecular formula is C11H21NO3. The molecule has 0 heterocycles. The molecule has 0 saturated heterocycles. The minimum absolute atomic E-state index is 0.296. The Balaban J connectivity index is 4.14. The van der Waals surface area contributed by atoms with E-state index in [4.69, 9.17) is 5.11 Å². The number of carboxylic acid groups (broad SMARTS) is 1. The van der Waals surface area contributed by atoms with E-state index in [1.165, 1.54) is 6.92 Å². The first kappa shape index (κ1) is 13.9. The van der Waals surface area contributed by atoms with E-state index >= 15 is 0 Å². The summed E-state index contributed by atoms with van der Waals surface area (Å²) in [5.41, 5.74) is -1.11. The first-order chi connectivity index (χ1) is 6.92. The van der Waals surface area contributed by atoms with Gasteiger partial charge in [-0.2, -0.15) is 0 Å². The SMILES string of the molecule is CCCCCCC(C)(NC(C)=O)C(=O)O. The predicted molar refractivity (Wildman–Crippen MR) is 58.6 cm³/mol. The molecule has 0 aliphatic rings. The van der Waals surface area contributed by atoms with Gasteiger partial charge in [-0.05, 0) is 13.3 Å². The Labute approximate surface area is 91.1 Å². The van der Waals surface area contributed by atoms with Crippen LogP contribution in [0.25, 0.3) is 0 Å². The highest BCUT2D eigenvalue weighted by atomic mass is 16.4. The number of hydrogen-bond donors (Lipinski definition) is 2. The molecule has 0 aromatic carbocycles. The lowest BCUT2D eigenvalue weighted by atomic mass is 9.94. The van der Waals surface area contributed by atoms with Crippen molar-refractivity contribution in [1.29, 1.82) is 0 Å². The van der Waals surface area contributed by atoms with Crippen molar-refractivity contribution < 1.29 is 14.7 Å². The van der Waals surface area contributed by atoms with Crippen LogP contribution < -0.4 is 5.32 Å². The molecule has 0 aliphatic heterocycles. The standard InChI is InChI=1S/C11H21NO3/c1-4-5-6-7-8-11(3,10(14)15)12-9(2)13/h4-8H2,1-3H3,(H,12,13)(H,14,15).